The number of rotatable bonds is 10. The third-order valence-electron chi connectivity index (χ3n) is 5.38. The van der Waals surface area contributed by atoms with Crippen LogP contribution < -0.4 is 19.5 Å². The quantitative estimate of drug-likeness (QED) is 0.242. The number of methoxy groups -OCH3 is 2. The highest BCUT2D eigenvalue weighted by Crippen LogP contribution is 2.34. The number of nitrogens with zero attached hydrogens (tertiary/aromatic N) is 1. The van der Waals surface area contributed by atoms with E-state index in [1.807, 2.05) is 48.5 Å². The number of amides is 1. The molecule has 0 fully saturated rings. The Bertz CT molecular complexity index is 1340. The predicted molar refractivity (Wildman–Crippen MR) is 144 cm³/mol. The summed E-state index contributed by atoms with van der Waals surface area (Å²) in [4.78, 5) is 17.1. The fraction of sp³-hybridized carbons (Fsp3) is 0.185. The van der Waals surface area contributed by atoms with E-state index in [-0.39, 0.29) is 5.91 Å². The minimum Gasteiger partial charge on any atom is -0.497 e. The summed E-state index contributed by atoms with van der Waals surface area (Å²) >= 11 is 13.5. The van der Waals surface area contributed by atoms with Gasteiger partial charge in [-0.1, -0.05) is 41.4 Å². The summed E-state index contributed by atoms with van der Waals surface area (Å²) < 4.78 is 16.6. The zero-order valence-electron chi connectivity index (χ0n) is 19.7. The number of ether oxygens (including phenoxy) is 3. The number of halogens is 2. The van der Waals surface area contributed by atoms with Crippen molar-refractivity contribution in [2.24, 2.45) is 0 Å². The number of hydrogen-bond acceptors (Lipinski definition) is 6. The van der Waals surface area contributed by atoms with Crippen LogP contribution in [0.25, 0.3) is 10.6 Å². The van der Waals surface area contributed by atoms with Crippen LogP contribution in [0, 0.1) is 0 Å². The molecule has 9 heteroatoms. The fourth-order valence-corrected chi connectivity index (χ4v) is 4.54. The summed E-state index contributed by atoms with van der Waals surface area (Å²) in [6.07, 6.45) is 0.716. The lowest BCUT2D eigenvalue weighted by atomic mass is 10.1. The van der Waals surface area contributed by atoms with Gasteiger partial charge in [-0.15, -0.1) is 11.3 Å². The van der Waals surface area contributed by atoms with Gasteiger partial charge in [0, 0.05) is 17.5 Å². The zero-order valence-corrected chi connectivity index (χ0v) is 22.0. The van der Waals surface area contributed by atoms with Crippen LogP contribution in [-0.2, 0) is 13.0 Å². The van der Waals surface area contributed by atoms with Crippen LogP contribution in [0.2, 0.25) is 10.0 Å². The second-order valence-corrected chi connectivity index (χ2v) is 9.47. The molecule has 1 aromatic heterocycles. The lowest BCUT2D eigenvalue weighted by Crippen LogP contribution is -2.25. The lowest BCUT2D eigenvalue weighted by molar-refractivity contribution is 0.0950. The Labute approximate surface area is 223 Å². The molecule has 4 rings (SSSR count). The Kier molecular flexibility index (Phi) is 8.70. The Morgan fingerprint density at radius 3 is 2.42 bits per heavy atom. The summed E-state index contributed by atoms with van der Waals surface area (Å²) in [6, 6.07) is 18.7. The summed E-state index contributed by atoms with van der Waals surface area (Å²) in [7, 11) is 3.21. The van der Waals surface area contributed by atoms with Crippen LogP contribution in [0.15, 0.2) is 66.0 Å². The van der Waals surface area contributed by atoms with Gasteiger partial charge in [-0.2, -0.15) is 0 Å². The smallest absolute Gasteiger partial charge is 0.270 e. The number of benzene rings is 3. The van der Waals surface area contributed by atoms with Gasteiger partial charge in [-0.05, 0) is 60.0 Å². The van der Waals surface area contributed by atoms with Gasteiger partial charge in [0.2, 0.25) is 0 Å². The van der Waals surface area contributed by atoms with E-state index in [2.05, 4.69) is 10.3 Å². The van der Waals surface area contributed by atoms with E-state index in [4.69, 9.17) is 37.4 Å². The molecule has 1 N–H and O–H groups in total. The van der Waals surface area contributed by atoms with Crippen molar-refractivity contribution >= 4 is 40.4 Å². The number of carbonyl (C=O) groups is 1. The van der Waals surface area contributed by atoms with Crippen LogP contribution >= 0.6 is 34.5 Å². The highest BCUT2D eigenvalue weighted by molar-refractivity contribution is 7.13. The first-order valence-electron chi connectivity index (χ1n) is 11.1. The molecule has 0 atom stereocenters. The van der Waals surface area contributed by atoms with Crippen LogP contribution in [0.3, 0.4) is 0 Å². The molecule has 0 bridgehead atoms. The minimum absolute atomic E-state index is 0.209. The van der Waals surface area contributed by atoms with Crippen LogP contribution in [-0.4, -0.2) is 31.7 Å². The molecule has 0 saturated heterocycles. The molecule has 6 nitrogen and oxygen atoms in total. The maximum Gasteiger partial charge on any atom is 0.270 e. The molecule has 0 aliphatic carbocycles. The third-order valence-corrected chi connectivity index (χ3v) is 7.01. The second-order valence-electron chi connectivity index (χ2n) is 7.79. The number of nitrogens with one attached hydrogen (secondary N) is 1. The van der Waals surface area contributed by atoms with Crippen LogP contribution in [0.1, 0.15) is 21.6 Å². The first kappa shape index (κ1) is 25.8. The van der Waals surface area contributed by atoms with Crippen molar-refractivity contribution in [3.05, 3.63) is 92.9 Å². The number of thiazole rings is 1. The van der Waals surface area contributed by atoms with E-state index in [0.29, 0.717) is 51.8 Å². The van der Waals surface area contributed by atoms with Gasteiger partial charge >= 0.3 is 0 Å². The molecule has 4 aromatic rings. The third kappa shape index (κ3) is 6.49. The van der Waals surface area contributed by atoms with Gasteiger partial charge in [0.15, 0.2) is 11.5 Å². The van der Waals surface area contributed by atoms with Gasteiger partial charge in [-0.3, -0.25) is 4.79 Å². The van der Waals surface area contributed by atoms with Gasteiger partial charge in [0.05, 0.1) is 24.3 Å². The van der Waals surface area contributed by atoms with Gasteiger partial charge in [0.1, 0.15) is 23.1 Å². The molecule has 0 aliphatic heterocycles. The normalized spacial score (nSPS) is 10.7. The first-order chi connectivity index (χ1) is 17.5. The van der Waals surface area contributed by atoms with Crippen LogP contribution in [0.4, 0.5) is 0 Å². The molecular formula is C27H24Cl2N2O4S. The summed E-state index contributed by atoms with van der Waals surface area (Å²) in [5.41, 5.74) is 3.21. The van der Waals surface area contributed by atoms with Crippen molar-refractivity contribution in [2.75, 3.05) is 20.8 Å². The van der Waals surface area contributed by atoms with E-state index in [0.717, 1.165) is 22.4 Å². The van der Waals surface area contributed by atoms with Gasteiger partial charge in [-0.25, -0.2) is 4.98 Å². The highest BCUT2D eigenvalue weighted by Gasteiger charge is 2.14. The SMILES string of the molecule is COc1ccc(CCNC(=O)c2csc(-c3ccc(OCc4ccc(Cl)c(Cl)c4)c(OC)c3)n2)cc1. The predicted octanol–water partition coefficient (Wildman–Crippen LogP) is 6.69. The zero-order chi connectivity index (χ0) is 25.5. The molecule has 0 saturated carbocycles. The maximum absolute atomic E-state index is 12.6. The lowest BCUT2D eigenvalue weighted by Gasteiger charge is -2.12. The standard InChI is InChI=1S/C27H24Cl2N2O4S/c1-33-20-7-3-17(4-8-20)11-12-30-26(32)23-16-36-27(31-23)19-6-10-24(25(14-19)34-2)35-15-18-5-9-21(28)22(29)13-18/h3-10,13-14,16H,11-12,15H2,1-2H3,(H,30,32). The molecular weight excluding hydrogens is 519 g/mol. The summed E-state index contributed by atoms with van der Waals surface area (Å²) in [5.74, 6) is 1.74. The summed E-state index contributed by atoms with van der Waals surface area (Å²) in [5, 5.41) is 6.36. The molecule has 3 aromatic carbocycles. The number of hydrogen-bond donors (Lipinski definition) is 1. The van der Waals surface area contributed by atoms with E-state index in [1.54, 1.807) is 31.7 Å². The molecule has 0 unspecified atom stereocenters. The van der Waals surface area contributed by atoms with E-state index >= 15 is 0 Å². The van der Waals surface area contributed by atoms with E-state index in [9.17, 15) is 4.79 Å². The van der Waals surface area contributed by atoms with Gasteiger partial charge in [0.25, 0.3) is 5.91 Å². The molecule has 0 radical (unpaired) electrons. The topological polar surface area (TPSA) is 69.7 Å². The Morgan fingerprint density at radius 2 is 1.69 bits per heavy atom. The second kappa shape index (κ2) is 12.1. The monoisotopic (exact) mass is 542 g/mol. The Hall–Kier alpha value is -3.26. The molecule has 1 heterocycles. The van der Waals surface area contributed by atoms with Crippen molar-refractivity contribution in [1.29, 1.82) is 0 Å². The Balaban J connectivity index is 1.36. The van der Waals surface area contributed by atoms with Gasteiger partial charge < -0.3 is 19.5 Å². The Morgan fingerprint density at radius 1 is 0.917 bits per heavy atom. The maximum atomic E-state index is 12.6. The van der Waals surface area contributed by atoms with Crippen molar-refractivity contribution in [3.8, 4) is 27.8 Å². The average Bonchev–Trinajstić information content (AvgIpc) is 3.40. The number of aromatic nitrogens is 1. The van der Waals surface area contributed by atoms with Crippen molar-refractivity contribution in [3.63, 3.8) is 0 Å². The average molecular weight is 543 g/mol. The van der Waals surface area contributed by atoms with E-state index in [1.165, 1.54) is 11.3 Å². The minimum atomic E-state index is -0.209. The number of carbonyl (C=O) groups excluding carboxylic acids is 1. The van der Waals surface area contributed by atoms with E-state index < -0.39 is 0 Å². The van der Waals surface area contributed by atoms with Crippen molar-refractivity contribution < 1.29 is 19.0 Å². The summed E-state index contributed by atoms with van der Waals surface area (Å²) in [6.45, 7) is 0.821. The molecule has 36 heavy (non-hydrogen) atoms. The molecule has 186 valence electrons. The highest BCUT2D eigenvalue weighted by atomic mass is 35.5. The fourth-order valence-electron chi connectivity index (χ4n) is 3.42. The van der Waals surface area contributed by atoms with Crippen molar-refractivity contribution in [2.45, 2.75) is 13.0 Å². The molecule has 0 aliphatic rings. The largest absolute Gasteiger partial charge is 0.497 e. The molecule has 0 spiro atoms. The van der Waals surface area contributed by atoms with Crippen LogP contribution in [0.5, 0.6) is 17.2 Å². The van der Waals surface area contributed by atoms with Crippen molar-refractivity contribution in [1.82, 2.24) is 10.3 Å². The molecule has 1 amide bonds. The first-order valence-corrected chi connectivity index (χ1v) is 12.7.